The molecule has 0 aromatic heterocycles. The number of carbonyl (C=O) groups is 2. The number of quaternary nitrogens is 1. The first-order chi connectivity index (χ1) is 7.74. The number of nitrogens with zero attached hydrogens (tertiary/aromatic N) is 1. The lowest BCUT2D eigenvalue weighted by molar-refractivity contribution is -0.984. The number of carboxylic acid groups (broad SMARTS) is 1. The van der Waals surface area contributed by atoms with Crippen molar-refractivity contribution in [2.45, 2.75) is 31.5 Å². The Hall–Kier alpha value is -1.22. The molecule has 106 valence electrons. The Morgan fingerprint density at radius 1 is 1.17 bits per heavy atom. The number of hydrogen-bond donors (Lipinski definition) is 4. The molecule has 0 saturated heterocycles. The van der Waals surface area contributed by atoms with Crippen LogP contribution in [0.25, 0.3) is 0 Å². The van der Waals surface area contributed by atoms with Crippen LogP contribution in [0.4, 0.5) is 0 Å². The smallest absolute Gasteiger partial charge is 0.356 e. The van der Waals surface area contributed by atoms with Crippen molar-refractivity contribution in [3.63, 3.8) is 0 Å². The van der Waals surface area contributed by atoms with Crippen LogP contribution in [-0.2, 0) is 14.3 Å². The number of carbonyl (C=O) groups excluding carboxylic acids is 1. The van der Waals surface area contributed by atoms with E-state index in [1.54, 1.807) is 0 Å². The molecule has 2 atom stereocenters. The molecule has 0 spiro atoms. The standard InChI is InChI=1S/C10H19NO7/c1-6(12)18-7(9(2,15)8(13)14)10(16,17)11(3,4)5/h7,15-17H,1-5H3/p+1. The fourth-order valence-electron chi connectivity index (χ4n) is 1.20. The predicted molar refractivity (Wildman–Crippen MR) is 59.0 cm³/mol. The summed E-state index contributed by atoms with van der Waals surface area (Å²) in [5, 5.41) is 38.6. The Morgan fingerprint density at radius 2 is 1.56 bits per heavy atom. The zero-order chi connectivity index (χ0) is 14.9. The summed E-state index contributed by atoms with van der Waals surface area (Å²) in [4.78, 5) is 21.9. The van der Waals surface area contributed by atoms with E-state index in [9.17, 15) is 24.9 Å². The number of ether oxygens (including phenoxy) is 1. The second-order valence-electron chi connectivity index (χ2n) is 5.14. The molecule has 0 bridgehead atoms. The van der Waals surface area contributed by atoms with Gasteiger partial charge in [-0.3, -0.25) is 9.28 Å². The van der Waals surface area contributed by atoms with Crippen molar-refractivity contribution < 1.29 is 39.2 Å². The van der Waals surface area contributed by atoms with E-state index in [1.165, 1.54) is 21.1 Å². The summed E-state index contributed by atoms with van der Waals surface area (Å²) in [6.07, 6.45) is -2.06. The highest BCUT2D eigenvalue weighted by Crippen LogP contribution is 2.28. The minimum Gasteiger partial charge on any atom is -0.479 e. The van der Waals surface area contributed by atoms with Crippen LogP contribution in [0.1, 0.15) is 13.8 Å². The molecule has 0 fully saturated rings. The van der Waals surface area contributed by atoms with Crippen molar-refractivity contribution in [3.8, 4) is 0 Å². The first kappa shape index (κ1) is 16.8. The lowest BCUT2D eigenvalue weighted by Crippen LogP contribution is -2.71. The molecule has 0 radical (unpaired) electrons. The van der Waals surface area contributed by atoms with Gasteiger partial charge in [-0.1, -0.05) is 0 Å². The minimum absolute atomic E-state index is 0.561. The topological polar surface area (TPSA) is 124 Å². The fourth-order valence-corrected chi connectivity index (χ4v) is 1.20. The van der Waals surface area contributed by atoms with E-state index in [4.69, 9.17) is 5.11 Å². The van der Waals surface area contributed by atoms with Gasteiger partial charge in [0.15, 0.2) is 0 Å². The van der Waals surface area contributed by atoms with Crippen LogP contribution in [0, 0.1) is 0 Å². The van der Waals surface area contributed by atoms with Gasteiger partial charge in [0.2, 0.25) is 11.7 Å². The van der Waals surface area contributed by atoms with Crippen LogP contribution in [0.5, 0.6) is 0 Å². The molecular weight excluding hydrogens is 246 g/mol. The number of likely N-dealkylation sites (N-methyl/N-ethyl adjacent to an activating group) is 1. The van der Waals surface area contributed by atoms with E-state index in [2.05, 4.69) is 4.74 Å². The van der Waals surface area contributed by atoms with Gasteiger partial charge in [-0.15, -0.1) is 0 Å². The molecule has 0 saturated carbocycles. The van der Waals surface area contributed by atoms with Crippen LogP contribution in [0.2, 0.25) is 0 Å². The van der Waals surface area contributed by atoms with Crippen LogP contribution < -0.4 is 0 Å². The Balaban J connectivity index is 5.65. The van der Waals surface area contributed by atoms with Crippen LogP contribution in [0.15, 0.2) is 0 Å². The molecule has 0 heterocycles. The first-order valence-corrected chi connectivity index (χ1v) is 5.14. The van der Waals surface area contributed by atoms with Crippen molar-refractivity contribution in [1.82, 2.24) is 0 Å². The van der Waals surface area contributed by atoms with Gasteiger partial charge in [-0.25, -0.2) is 4.79 Å². The van der Waals surface area contributed by atoms with E-state index in [1.807, 2.05) is 0 Å². The quantitative estimate of drug-likeness (QED) is 0.260. The van der Waals surface area contributed by atoms with E-state index < -0.39 is 34.0 Å². The zero-order valence-electron chi connectivity index (χ0n) is 11.0. The molecule has 0 aliphatic heterocycles. The van der Waals surface area contributed by atoms with Gasteiger partial charge in [-0.2, -0.15) is 0 Å². The van der Waals surface area contributed by atoms with E-state index in [-0.39, 0.29) is 0 Å². The molecule has 0 aliphatic rings. The molecule has 0 aliphatic carbocycles. The third-order valence-corrected chi connectivity index (χ3v) is 2.57. The summed E-state index contributed by atoms with van der Waals surface area (Å²) in [7, 11) is 4.03. The predicted octanol–water partition coefficient (Wildman–Crippen LogP) is -1.90. The molecule has 8 heteroatoms. The number of rotatable bonds is 5. The number of carboxylic acids is 1. The van der Waals surface area contributed by atoms with E-state index in [0.29, 0.717) is 0 Å². The second-order valence-corrected chi connectivity index (χ2v) is 5.14. The average molecular weight is 266 g/mol. The summed E-state index contributed by atoms with van der Waals surface area (Å²) >= 11 is 0. The maximum Gasteiger partial charge on any atom is 0.356 e. The highest BCUT2D eigenvalue weighted by atomic mass is 16.6. The number of aliphatic hydroxyl groups is 3. The first-order valence-electron chi connectivity index (χ1n) is 5.14. The van der Waals surface area contributed by atoms with Crippen LogP contribution >= 0.6 is 0 Å². The van der Waals surface area contributed by atoms with E-state index in [0.717, 1.165) is 13.8 Å². The van der Waals surface area contributed by atoms with Crippen molar-refractivity contribution >= 4 is 11.9 Å². The maximum absolute atomic E-state index is 10.9. The van der Waals surface area contributed by atoms with Crippen molar-refractivity contribution in [3.05, 3.63) is 0 Å². The zero-order valence-corrected chi connectivity index (χ0v) is 11.0. The van der Waals surface area contributed by atoms with Crippen molar-refractivity contribution in [2.24, 2.45) is 0 Å². The Morgan fingerprint density at radius 3 is 1.78 bits per heavy atom. The largest absolute Gasteiger partial charge is 0.479 e. The SMILES string of the molecule is CC(=O)OC(C(C)(O)C(=O)O)C(O)(O)[N+](C)(C)C. The molecule has 8 nitrogen and oxygen atoms in total. The summed E-state index contributed by atoms with van der Waals surface area (Å²) in [5.74, 6) is -5.47. The molecule has 2 unspecified atom stereocenters. The monoisotopic (exact) mass is 266 g/mol. The van der Waals surface area contributed by atoms with Crippen molar-refractivity contribution in [1.29, 1.82) is 0 Å². The van der Waals surface area contributed by atoms with Crippen LogP contribution in [0.3, 0.4) is 0 Å². The summed E-state index contributed by atoms with van der Waals surface area (Å²) in [5.41, 5.74) is -2.65. The summed E-state index contributed by atoms with van der Waals surface area (Å²) in [6, 6.07) is 0. The molecular formula is C10H20NO7+. The third-order valence-electron chi connectivity index (χ3n) is 2.57. The van der Waals surface area contributed by atoms with Gasteiger partial charge >= 0.3 is 17.8 Å². The fraction of sp³-hybridized carbons (Fsp3) is 0.800. The van der Waals surface area contributed by atoms with E-state index >= 15 is 0 Å². The van der Waals surface area contributed by atoms with Crippen LogP contribution in [-0.4, -0.2) is 75.6 Å². The molecule has 0 aromatic carbocycles. The van der Waals surface area contributed by atoms with Gasteiger partial charge in [0, 0.05) is 6.92 Å². The van der Waals surface area contributed by atoms with Crippen molar-refractivity contribution in [2.75, 3.05) is 21.1 Å². The second kappa shape index (κ2) is 4.81. The number of aliphatic carboxylic acids is 1. The Kier molecular flexibility index (Phi) is 4.48. The summed E-state index contributed by atoms with van der Waals surface area (Å²) < 4.78 is 4.02. The normalized spacial score (nSPS) is 17.8. The molecule has 0 aromatic rings. The lowest BCUT2D eigenvalue weighted by atomic mass is 9.94. The third kappa shape index (κ3) is 3.16. The minimum atomic E-state index is -2.78. The van der Waals surface area contributed by atoms with Gasteiger partial charge in [0.05, 0.1) is 21.1 Å². The molecule has 0 rings (SSSR count). The Bertz CT molecular complexity index is 343. The average Bonchev–Trinajstić information content (AvgIpc) is 2.11. The van der Waals surface area contributed by atoms with Gasteiger partial charge in [-0.05, 0) is 6.92 Å². The summed E-state index contributed by atoms with van der Waals surface area (Å²) in [6.45, 7) is 1.79. The van der Waals surface area contributed by atoms with Gasteiger partial charge in [0.1, 0.15) is 0 Å². The van der Waals surface area contributed by atoms with Gasteiger partial charge < -0.3 is 25.2 Å². The highest BCUT2D eigenvalue weighted by Gasteiger charge is 2.61. The number of hydrogen-bond acceptors (Lipinski definition) is 6. The molecule has 18 heavy (non-hydrogen) atoms. The maximum atomic E-state index is 10.9. The lowest BCUT2D eigenvalue weighted by Gasteiger charge is -2.44. The highest BCUT2D eigenvalue weighted by molar-refractivity contribution is 5.78. The molecule has 0 amide bonds. The Labute approximate surface area is 105 Å². The molecule has 4 N–H and O–H groups in total. The number of esters is 1. The van der Waals surface area contributed by atoms with Gasteiger partial charge in [0.25, 0.3) is 0 Å².